The molecule has 0 radical (unpaired) electrons. The Morgan fingerprint density at radius 1 is 1.12 bits per heavy atom. The van der Waals surface area contributed by atoms with Crippen LogP contribution in [0.5, 0.6) is 5.75 Å². The minimum absolute atomic E-state index is 0.133. The van der Waals surface area contributed by atoms with Gasteiger partial charge in [-0.15, -0.1) is 0 Å². The van der Waals surface area contributed by atoms with Gasteiger partial charge in [-0.05, 0) is 24.3 Å². The lowest BCUT2D eigenvalue weighted by molar-refractivity contribution is -0.116. The number of methoxy groups -OCH3 is 1. The van der Waals surface area contributed by atoms with Crippen LogP contribution in [0, 0.1) is 0 Å². The van der Waals surface area contributed by atoms with E-state index in [4.69, 9.17) is 16.3 Å². The zero-order valence-electron chi connectivity index (χ0n) is 13.6. The average molecular weight is 347 g/mol. The van der Waals surface area contributed by atoms with Crippen LogP contribution in [0.2, 0.25) is 5.02 Å². The van der Waals surface area contributed by atoms with Gasteiger partial charge in [0.05, 0.1) is 23.4 Å². The summed E-state index contributed by atoms with van der Waals surface area (Å²) in [7, 11) is 1.55. The lowest BCUT2D eigenvalue weighted by Gasteiger charge is -2.23. The third-order valence-electron chi connectivity index (χ3n) is 3.50. The molecule has 0 spiro atoms. The van der Waals surface area contributed by atoms with Gasteiger partial charge < -0.3 is 15.0 Å². The van der Waals surface area contributed by atoms with Crippen molar-refractivity contribution in [2.24, 2.45) is 0 Å². The fourth-order valence-electron chi connectivity index (χ4n) is 2.32. The molecule has 1 N–H and O–H groups in total. The van der Waals surface area contributed by atoms with Gasteiger partial charge in [-0.25, -0.2) is 0 Å². The highest BCUT2D eigenvalue weighted by Crippen LogP contribution is 2.27. The maximum atomic E-state index is 12.2. The van der Waals surface area contributed by atoms with Crippen molar-refractivity contribution in [3.63, 3.8) is 0 Å². The van der Waals surface area contributed by atoms with Crippen LogP contribution in [0.25, 0.3) is 0 Å². The first-order valence-corrected chi connectivity index (χ1v) is 7.86. The zero-order chi connectivity index (χ0) is 17.5. The molecule has 0 heterocycles. The smallest absolute Gasteiger partial charge is 0.252 e. The van der Waals surface area contributed by atoms with Gasteiger partial charge in [-0.2, -0.15) is 0 Å². The van der Waals surface area contributed by atoms with Crippen molar-refractivity contribution in [3.05, 3.63) is 59.1 Å². The summed E-state index contributed by atoms with van der Waals surface area (Å²) in [6.45, 7) is 2.09. The molecule has 5 nitrogen and oxygen atoms in total. The van der Waals surface area contributed by atoms with Crippen molar-refractivity contribution in [1.29, 1.82) is 0 Å². The van der Waals surface area contributed by atoms with E-state index in [1.54, 1.807) is 48.4 Å². The highest BCUT2D eigenvalue weighted by molar-refractivity contribution is 6.33. The number of amides is 2. The SMILES string of the molecule is COc1ccccc1N(CCNC(=O)c1ccccc1Cl)C(C)=O. The maximum Gasteiger partial charge on any atom is 0.252 e. The lowest BCUT2D eigenvalue weighted by atomic mass is 10.2. The Bertz CT molecular complexity index is 734. The summed E-state index contributed by atoms with van der Waals surface area (Å²) in [4.78, 5) is 25.7. The number of ether oxygens (including phenoxy) is 1. The van der Waals surface area contributed by atoms with E-state index < -0.39 is 0 Å². The number of benzene rings is 2. The molecular weight excluding hydrogens is 328 g/mol. The van der Waals surface area contributed by atoms with Crippen molar-refractivity contribution in [1.82, 2.24) is 5.32 Å². The van der Waals surface area contributed by atoms with E-state index in [0.717, 1.165) is 0 Å². The zero-order valence-corrected chi connectivity index (χ0v) is 14.3. The molecule has 2 aromatic rings. The van der Waals surface area contributed by atoms with Crippen molar-refractivity contribution in [3.8, 4) is 5.75 Å². The highest BCUT2D eigenvalue weighted by Gasteiger charge is 2.16. The summed E-state index contributed by atoms with van der Waals surface area (Å²) >= 11 is 6.00. The minimum Gasteiger partial charge on any atom is -0.495 e. The number of para-hydroxylation sites is 2. The van der Waals surface area contributed by atoms with Gasteiger partial charge >= 0.3 is 0 Å². The predicted molar refractivity (Wildman–Crippen MR) is 94.8 cm³/mol. The number of hydrogen-bond donors (Lipinski definition) is 1. The van der Waals surface area contributed by atoms with Crippen LogP contribution < -0.4 is 15.0 Å². The third kappa shape index (κ3) is 4.26. The van der Waals surface area contributed by atoms with Gasteiger partial charge in [0.25, 0.3) is 5.91 Å². The molecule has 6 heteroatoms. The molecule has 0 bridgehead atoms. The second-order valence-electron chi connectivity index (χ2n) is 5.08. The number of anilines is 1. The van der Waals surface area contributed by atoms with Gasteiger partial charge in [0.15, 0.2) is 0 Å². The largest absolute Gasteiger partial charge is 0.495 e. The fourth-order valence-corrected chi connectivity index (χ4v) is 2.54. The Balaban J connectivity index is 2.04. The molecule has 126 valence electrons. The molecule has 0 aromatic heterocycles. The number of hydrogen-bond acceptors (Lipinski definition) is 3. The van der Waals surface area contributed by atoms with Crippen molar-refractivity contribution in [2.75, 3.05) is 25.1 Å². The van der Waals surface area contributed by atoms with E-state index in [1.807, 2.05) is 12.1 Å². The molecule has 0 atom stereocenters. The number of carbonyl (C=O) groups is 2. The van der Waals surface area contributed by atoms with Crippen LogP contribution in [0.15, 0.2) is 48.5 Å². The molecule has 24 heavy (non-hydrogen) atoms. The molecule has 0 aliphatic rings. The van der Waals surface area contributed by atoms with Crippen molar-refractivity contribution < 1.29 is 14.3 Å². The van der Waals surface area contributed by atoms with E-state index in [-0.39, 0.29) is 11.8 Å². The fraction of sp³-hybridized carbons (Fsp3) is 0.222. The highest BCUT2D eigenvalue weighted by atomic mass is 35.5. The first-order chi connectivity index (χ1) is 11.5. The minimum atomic E-state index is -0.274. The van der Waals surface area contributed by atoms with Crippen LogP contribution in [-0.2, 0) is 4.79 Å². The molecule has 2 amide bonds. The summed E-state index contributed by atoms with van der Waals surface area (Å²) in [5.41, 5.74) is 1.07. The first kappa shape index (κ1) is 17.8. The second kappa shape index (κ2) is 8.36. The molecule has 0 unspecified atom stereocenters. The topological polar surface area (TPSA) is 58.6 Å². The number of halogens is 1. The van der Waals surface area contributed by atoms with Crippen molar-refractivity contribution >= 4 is 29.1 Å². The summed E-state index contributed by atoms with van der Waals surface area (Å²) in [6.07, 6.45) is 0. The number of nitrogens with one attached hydrogen (secondary N) is 1. The third-order valence-corrected chi connectivity index (χ3v) is 3.83. The van der Waals surface area contributed by atoms with Gasteiger partial charge in [-0.1, -0.05) is 35.9 Å². The Hall–Kier alpha value is -2.53. The molecule has 0 aliphatic heterocycles. The van der Waals surface area contributed by atoms with Crippen molar-refractivity contribution in [2.45, 2.75) is 6.92 Å². The number of rotatable bonds is 6. The Morgan fingerprint density at radius 3 is 2.46 bits per heavy atom. The summed E-state index contributed by atoms with van der Waals surface area (Å²) < 4.78 is 5.29. The average Bonchev–Trinajstić information content (AvgIpc) is 2.58. The van der Waals surface area contributed by atoms with E-state index >= 15 is 0 Å². The van der Waals surface area contributed by atoms with Gasteiger partial charge in [0, 0.05) is 20.0 Å². The lowest BCUT2D eigenvalue weighted by Crippen LogP contribution is -2.37. The Labute approximate surface area is 146 Å². The Kier molecular flexibility index (Phi) is 6.21. The molecule has 0 saturated heterocycles. The number of nitrogens with zero attached hydrogens (tertiary/aromatic N) is 1. The van der Waals surface area contributed by atoms with E-state index in [0.29, 0.717) is 35.1 Å². The van der Waals surface area contributed by atoms with Crippen LogP contribution in [0.4, 0.5) is 5.69 Å². The standard InChI is InChI=1S/C18H19ClN2O3/c1-13(22)21(16-9-5-6-10-17(16)24-2)12-11-20-18(23)14-7-3-4-8-15(14)19/h3-10H,11-12H2,1-2H3,(H,20,23). The molecule has 0 aliphatic carbocycles. The van der Waals surface area contributed by atoms with E-state index in [2.05, 4.69) is 5.32 Å². The van der Waals surface area contributed by atoms with E-state index in [1.165, 1.54) is 6.92 Å². The monoisotopic (exact) mass is 346 g/mol. The second-order valence-corrected chi connectivity index (χ2v) is 5.49. The first-order valence-electron chi connectivity index (χ1n) is 7.48. The Morgan fingerprint density at radius 2 is 1.79 bits per heavy atom. The van der Waals surface area contributed by atoms with Gasteiger partial charge in [0.1, 0.15) is 5.75 Å². The predicted octanol–water partition coefficient (Wildman–Crippen LogP) is 3.13. The maximum absolute atomic E-state index is 12.2. The normalized spacial score (nSPS) is 10.1. The molecule has 0 fully saturated rings. The van der Waals surface area contributed by atoms with Crippen LogP contribution >= 0.6 is 11.6 Å². The number of carbonyl (C=O) groups excluding carboxylic acids is 2. The van der Waals surface area contributed by atoms with Gasteiger partial charge in [-0.3, -0.25) is 9.59 Å². The van der Waals surface area contributed by atoms with Crippen LogP contribution in [0.1, 0.15) is 17.3 Å². The molecular formula is C18H19ClN2O3. The van der Waals surface area contributed by atoms with Crippen LogP contribution in [0.3, 0.4) is 0 Å². The molecule has 2 aromatic carbocycles. The summed E-state index contributed by atoms with van der Waals surface area (Å²) in [6, 6.07) is 14.1. The van der Waals surface area contributed by atoms with Crippen LogP contribution in [-0.4, -0.2) is 32.0 Å². The molecule has 2 rings (SSSR count). The summed E-state index contributed by atoms with van der Waals surface area (Å²) in [5.74, 6) is 0.195. The summed E-state index contributed by atoms with van der Waals surface area (Å²) in [5, 5.41) is 3.17. The van der Waals surface area contributed by atoms with Gasteiger partial charge in [0.2, 0.25) is 5.91 Å². The molecule has 0 saturated carbocycles. The van der Waals surface area contributed by atoms with E-state index in [9.17, 15) is 9.59 Å². The quantitative estimate of drug-likeness (QED) is 0.874.